The molecule has 2 nitrogen and oxygen atoms in total. The fourth-order valence-electron chi connectivity index (χ4n) is 1.06. The lowest BCUT2D eigenvalue weighted by molar-refractivity contribution is -0.141. The molecule has 0 N–H and O–H groups in total. The molecule has 0 aliphatic carbocycles. The van der Waals surface area contributed by atoms with Gasteiger partial charge in [-0.1, -0.05) is 33.7 Å². The average molecular weight is 277 g/mol. The zero-order chi connectivity index (χ0) is 11.7. The summed E-state index contributed by atoms with van der Waals surface area (Å²) in [6.45, 7) is 10.5. The van der Waals surface area contributed by atoms with Gasteiger partial charge in [-0.05, 0) is 27.2 Å². The quantitative estimate of drug-likeness (QED) is 0.383. The van der Waals surface area contributed by atoms with Crippen LogP contribution in [0.5, 0.6) is 0 Å². The number of hydrogen-bond acceptors (Lipinski definition) is 2. The summed E-state index contributed by atoms with van der Waals surface area (Å²) in [4.78, 5) is 0. The van der Waals surface area contributed by atoms with Crippen LogP contribution in [-0.2, 0) is 9.47 Å². The van der Waals surface area contributed by atoms with Crippen LogP contribution in [0.4, 0.5) is 0 Å². The van der Waals surface area contributed by atoms with Gasteiger partial charge in [0.25, 0.3) is 0 Å². The lowest BCUT2D eigenvalue weighted by Crippen LogP contribution is -2.24. The average Bonchev–Trinajstić information content (AvgIpc) is 2.22. The first-order valence-electron chi connectivity index (χ1n) is 5.23. The Bertz CT molecular complexity index is 198. The van der Waals surface area contributed by atoms with Gasteiger partial charge in [-0.15, -0.1) is 6.58 Å². The van der Waals surface area contributed by atoms with Gasteiger partial charge in [-0.25, -0.2) is 0 Å². The molecule has 0 heterocycles. The molecule has 2 atom stereocenters. The molecule has 0 amide bonds. The fraction of sp³-hybridized carbons (Fsp3) is 0.667. The maximum absolute atomic E-state index is 5.71. The summed E-state index contributed by atoms with van der Waals surface area (Å²) in [6, 6.07) is 0. The standard InChI is InChI=1S/C12H21BrO2/c1-5-11(8-7-10(3)4)15-12(9-13)14-6-2/h5,7,11-12H,1,6,8-9H2,2-4H3/t11-,12?/m1/s1. The van der Waals surface area contributed by atoms with E-state index in [0.717, 1.165) is 6.42 Å². The highest BCUT2D eigenvalue weighted by atomic mass is 79.9. The van der Waals surface area contributed by atoms with Crippen LogP contribution in [0.2, 0.25) is 0 Å². The van der Waals surface area contributed by atoms with Crippen LogP contribution in [0.3, 0.4) is 0 Å². The third kappa shape index (κ3) is 7.77. The minimum absolute atomic E-state index is 0.0222. The maximum atomic E-state index is 5.71. The molecule has 0 saturated carbocycles. The largest absolute Gasteiger partial charge is 0.352 e. The second kappa shape index (κ2) is 9.13. The Labute approximate surface area is 101 Å². The van der Waals surface area contributed by atoms with E-state index in [1.165, 1.54) is 5.57 Å². The molecule has 0 fully saturated rings. The van der Waals surface area contributed by atoms with E-state index >= 15 is 0 Å². The molecular weight excluding hydrogens is 256 g/mol. The molecule has 0 rings (SSSR count). The predicted octanol–water partition coefficient (Wildman–Crippen LogP) is 3.67. The Morgan fingerprint density at radius 3 is 2.53 bits per heavy atom. The number of rotatable bonds is 8. The van der Waals surface area contributed by atoms with E-state index in [-0.39, 0.29) is 12.4 Å². The first-order valence-corrected chi connectivity index (χ1v) is 6.35. The molecule has 0 aliphatic rings. The highest BCUT2D eigenvalue weighted by molar-refractivity contribution is 9.09. The van der Waals surface area contributed by atoms with Crippen LogP contribution in [0, 0.1) is 0 Å². The van der Waals surface area contributed by atoms with Crippen molar-refractivity contribution < 1.29 is 9.47 Å². The molecule has 1 unspecified atom stereocenters. The van der Waals surface area contributed by atoms with E-state index in [1.54, 1.807) is 0 Å². The van der Waals surface area contributed by atoms with E-state index in [0.29, 0.717) is 11.9 Å². The van der Waals surface area contributed by atoms with Crippen molar-refractivity contribution in [1.29, 1.82) is 0 Å². The van der Waals surface area contributed by atoms with E-state index in [9.17, 15) is 0 Å². The smallest absolute Gasteiger partial charge is 0.167 e. The zero-order valence-corrected chi connectivity index (χ0v) is 11.4. The highest BCUT2D eigenvalue weighted by Gasteiger charge is 2.12. The lowest BCUT2D eigenvalue weighted by Gasteiger charge is -2.20. The molecule has 0 aromatic heterocycles. The summed E-state index contributed by atoms with van der Waals surface area (Å²) in [5.41, 5.74) is 1.29. The van der Waals surface area contributed by atoms with Crippen molar-refractivity contribution in [3.05, 3.63) is 24.3 Å². The van der Waals surface area contributed by atoms with E-state index in [2.05, 4.69) is 42.4 Å². The van der Waals surface area contributed by atoms with Crippen LogP contribution in [0.15, 0.2) is 24.3 Å². The summed E-state index contributed by atoms with van der Waals surface area (Å²) < 4.78 is 11.1. The number of ether oxygens (including phenoxy) is 2. The van der Waals surface area contributed by atoms with Gasteiger partial charge in [0.05, 0.1) is 11.4 Å². The third-order valence-corrected chi connectivity index (χ3v) is 2.36. The fourth-order valence-corrected chi connectivity index (χ4v) is 1.40. The molecule has 0 radical (unpaired) electrons. The Morgan fingerprint density at radius 1 is 1.47 bits per heavy atom. The van der Waals surface area contributed by atoms with Gasteiger partial charge < -0.3 is 9.47 Å². The molecule has 0 aliphatic heterocycles. The van der Waals surface area contributed by atoms with Crippen LogP contribution in [-0.4, -0.2) is 24.3 Å². The highest BCUT2D eigenvalue weighted by Crippen LogP contribution is 2.10. The second-order valence-electron chi connectivity index (χ2n) is 3.47. The van der Waals surface area contributed by atoms with E-state index in [1.807, 2.05) is 13.0 Å². The van der Waals surface area contributed by atoms with Gasteiger partial charge in [-0.2, -0.15) is 0 Å². The molecule has 15 heavy (non-hydrogen) atoms. The summed E-state index contributed by atoms with van der Waals surface area (Å²) in [5.74, 6) is 0. The SMILES string of the molecule is C=C[C@H](CC=C(C)C)OC(CBr)OCC. The van der Waals surface area contributed by atoms with Gasteiger partial charge in [0.2, 0.25) is 0 Å². The van der Waals surface area contributed by atoms with E-state index in [4.69, 9.17) is 9.47 Å². The summed E-state index contributed by atoms with van der Waals surface area (Å²) in [5, 5.41) is 0.681. The van der Waals surface area contributed by atoms with Crippen molar-refractivity contribution in [1.82, 2.24) is 0 Å². The molecule has 3 heteroatoms. The monoisotopic (exact) mass is 276 g/mol. The predicted molar refractivity (Wildman–Crippen MR) is 68.3 cm³/mol. The summed E-state index contributed by atoms with van der Waals surface area (Å²) in [6.07, 6.45) is 4.64. The van der Waals surface area contributed by atoms with Gasteiger partial charge in [-0.3, -0.25) is 0 Å². The number of halogens is 1. The van der Waals surface area contributed by atoms with Crippen LogP contribution in [0.1, 0.15) is 27.2 Å². The summed E-state index contributed by atoms with van der Waals surface area (Å²) >= 11 is 3.35. The number of allylic oxidation sites excluding steroid dienone is 1. The normalized spacial score (nSPS) is 14.4. The van der Waals surface area contributed by atoms with Crippen LogP contribution < -0.4 is 0 Å². The molecular formula is C12H21BrO2. The number of alkyl halides is 1. The molecule has 0 bridgehead atoms. The minimum Gasteiger partial charge on any atom is -0.352 e. The van der Waals surface area contributed by atoms with E-state index < -0.39 is 0 Å². The molecule has 0 spiro atoms. The first kappa shape index (κ1) is 14.9. The molecule has 88 valence electrons. The van der Waals surface area contributed by atoms with Gasteiger partial charge in [0, 0.05) is 6.61 Å². The van der Waals surface area contributed by atoms with Crippen molar-refractivity contribution in [3.63, 3.8) is 0 Å². The van der Waals surface area contributed by atoms with Gasteiger partial charge in [0.1, 0.15) is 0 Å². The topological polar surface area (TPSA) is 18.5 Å². The van der Waals surface area contributed by atoms with Crippen LogP contribution in [0.25, 0.3) is 0 Å². The maximum Gasteiger partial charge on any atom is 0.167 e. The first-order chi connectivity index (χ1) is 7.13. The second-order valence-corrected chi connectivity index (χ2v) is 4.11. The van der Waals surface area contributed by atoms with Crippen molar-refractivity contribution in [2.24, 2.45) is 0 Å². The summed E-state index contributed by atoms with van der Waals surface area (Å²) in [7, 11) is 0. The molecule has 0 aromatic carbocycles. The van der Waals surface area contributed by atoms with Crippen molar-refractivity contribution >= 4 is 15.9 Å². The van der Waals surface area contributed by atoms with Crippen molar-refractivity contribution in [2.45, 2.75) is 39.6 Å². The van der Waals surface area contributed by atoms with Crippen LogP contribution >= 0.6 is 15.9 Å². The Hall–Kier alpha value is -0.120. The Morgan fingerprint density at radius 2 is 2.13 bits per heavy atom. The Kier molecular flexibility index (Phi) is 9.06. The lowest BCUT2D eigenvalue weighted by atomic mass is 10.2. The van der Waals surface area contributed by atoms with Gasteiger partial charge in [0.15, 0.2) is 6.29 Å². The van der Waals surface area contributed by atoms with Crippen molar-refractivity contribution in [2.75, 3.05) is 11.9 Å². The van der Waals surface area contributed by atoms with Gasteiger partial charge >= 0.3 is 0 Å². The molecule has 0 aromatic rings. The number of hydrogen-bond donors (Lipinski definition) is 0. The van der Waals surface area contributed by atoms with Crippen molar-refractivity contribution in [3.8, 4) is 0 Å². The third-order valence-electron chi connectivity index (χ3n) is 1.83. The molecule has 0 saturated heterocycles. The zero-order valence-electron chi connectivity index (χ0n) is 9.83. The minimum atomic E-state index is -0.191. The Balaban J connectivity index is 4.06.